The van der Waals surface area contributed by atoms with Crippen LogP contribution in [0.5, 0.6) is 0 Å². The van der Waals surface area contributed by atoms with Crippen LogP contribution < -0.4 is 15.8 Å². The highest BCUT2D eigenvalue weighted by Crippen LogP contribution is 2.14. The van der Waals surface area contributed by atoms with Crippen molar-refractivity contribution >= 4 is 17.5 Å². The van der Waals surface area contributed by atoms with Crippen LogP contribution in [-0.2, 0) is 4.79 Å². The summed E-state index contributed by atoms with van der Waals surface area (Å²) >= 11 is 0. The van der Waals surface area contributed by atoms with E-state index >= 15 is 0 Å². The van der Waals surface area contributed by atoms with Gasteiger partial charge in [-0.15, -0.1) is 0 Å². The van der Waals surface area contributed by atoms with Crippen molar-refractivity contribution in [3.63, 3.8) is 0 Å². The quantitative estimate of drug-likeness (QED) is 0.780. The Morgan fingerprint density at radius 2 is 1.62 bits per heavy atom. The first kappa shape index (κ1) is 18.3. The zero-order valence-corrected chi connectivity index (χ0v) is 14.7. The first-order valence-electron chi connectivity index (χ1n) is 8.80. The molecule has 1 heterocycles. The van der Waals surface area contributed by atoms with E-state index in [2.05, 4.69) is 34.5 Å². The second kappa shape index (κ2) is 9.27. The zero-order valence-electron chi connectivity index (χ0n) is 14.7. The molecule has 1 saturated heterocycles. The Morgan fingerprint density at radius 3 is 2.21 bits per heavy atom. The number of carbonyl (C=O) groups excluding carboxylic acids is 2. The third-order valence-corrected chi connectivity index (χ3v) is 4.39. The van der Waals surface area contributed by atoms with Crippen LogP contribution in [0, 0.1) is 0 Å². The SMILES string of the molecule is CCN(CC)c1ccc(C(=O)NNC(=O)CN2CCCCC2)cc1. The average molecular weight is 332 g/mol. The molecule has 0 aliphatic carbocycles. The van der Waals surface area contributed by atoms with Crippen molar-refractivity contribution in [3.8, 4) is 0 Å². The largest absolute Gasteiger partial charge is 0.372 e. The van der Waals surface area contributed by atoms with Crippen molar-refractivity contribution < 1.29 is 9.59 Å². The number of anilines is 1. The second-order valence-electron chi connectivity index (χ2n) is 6.06. The molecule has 2 N–H and O–H groups in total. The predicted molar refractivity (Wildman–Crippen MR) is 95.9 cm³/mol. The second-order valence-corrected chi connectivity index (χ2v) is 6.06. The maximum absolute atomic E-state index is 12.1. The van der Waals surface area contributed by atoms with Crippen molar-refractivity contribution in [2.45, 2.75) is 33.1 Å². The molecule has 0 spiro atoms. The highest BCUT2D eigenvalue weighted by atomic mass is 16.2. The molecule has 1 aliphatic rings. The third-order valence-electron chi connectivity index (χ3n) is 4.39. The Morgan fingerprint density at radius 1 is 1.00 bits per heavy atom. The molecule has 2 amide bonds. The van der Waals surface area contributed by atoms with Crippen molar-refractivity contribution in [1.82, 2.24) is 15.8 Å². The van der Waals surface area contributed by atoms with Gasteiger partial charge in [0.25, 0.3) is 11.8 Å². The Balaban J connectivity index is 1.80. The van der Waals surface area contributed by atoms with E-state index in [-0.39, 0.29) is 11.8 Å². The van der Waals surface area contributed by atoms with Gasteiger partial charge in [-0.2, -0.15) is 0 Å². The molecule has 0 saturated carbocycles. The maximum Gasteiger partial charge on any atom is 0.269 e. The Labute approximate surface area is 144 Å². The number of benzene rings is 1. The molecular weight excluding hydrogens is 304 g/mol. The number of carbonyl (C=O) groups is 2. The molecule has 132 valence electrons. The number of hydrogen-bond acceptors (Lipinski definition) is 4. The number of hydrazine groups is 1. The maximum atomic E-state index is 12.1. The molecule has 1 aromatic carbocycles. The van der Waals surface area contributed by atoms with Crippen molar-refractivity contribution in [1.29, 1.82) is 0 Å². The summed E-state index contributed by atoms with van der Waals surface area (Å²) in [4.78, 5) is 28.3. The molecule has 1 fully saturated rings. The summed E-state index contributed by atoms with van der Waals surface area (Å²) < 4.78 is 0. The minimum absolute atomic E-state index is 0.176. The van der Waals surface area contributed by atoms with E-state index in [9.17, 15) is 9.59 Å². The monoisotopic (exact) mass is 332 g/mol. The fourth-order valence-corrected chi connectivity index (χ4v) is 2.97. The van der Waals surface area contributed by atoms with Gasteiger partial charge in [0, 0.05) is 24.3 Å². The van der Waals surface area contributed by atoms with Gasteiger partial charge in [-0.3, -0.25) is 25.3 Å². The van der Waals surface area contributed by atoms with E-state index in [0.29, 0.717) is 12.1 Å². The summed E-state index contributed by atoms with van der Waals surface area (Å²) in [7, 11) is 0. The smallest absolute Gasteiger partial charge is 0.269 e. The molecule has 1 aliphatic heterocycles. The Bertz CT molecular complexity index is 534. The van der Waals surface area contributed by atoms with E-state index in [0.717, 1.165) is 44.7 Å². The standard InChI is InChI=1S/C18H28N4O2/c1-3-22(4-2)16-10-8-15(9-11-16)18(24)20-19-17(23)14-21-12-6-5-7-13-21/h8-11H,3-7,12-14H2,1-2H3,(H,19,23)(H,20,24). The van der Waals surface area contributed by atoms with Crippen molar-refractivity contribution in [2.24, 2.45) is 0 Å². The van der Waals surface area contributed by atoms with E-state index < -0.39 is 0 Å². The zero-order chi connectivity index (χ0) is 17.4. The normalized spacial score (nSPS) is 14.9. The van der Waals surface area contributed by atoms with Gasteiger partial charge in [0.15, 0.2) is 0 Å². The van der Waals surface area contributed by atoms with Gasteiger partial charge in [0.2, 0.25) is 0 Å². The predicted octanol–water partition coefficient (Wildman–Crippen LogP) is 1.78. The van der Waals surface area contributed by atoms with Crippen LogP contribution in [0.1, 0.15) is 43.5 Å². The number of nitrogens with one attached hydrogen (secondary N) is 2. The summed E-state index contributed by atoms with van der Waals surface area (Å²) in [5.74, 6) is -0.474. The molecule has 2 rings (SSSR count). The van der Waals surface area contributed by atoms with Crippen molar-refractivity contribution in [3.05, 3.63) is 29.8 Å². The minimum atomic E-state index is -0.298. The van der Waals surface area contributed by atoms with E-state index in [1.165, 1.54) is 6.42 Å². The lowest BCUT2D eigenvalue weighted by atomic mass is 10.1. The van der Waals surface area contributed by atoms with Gasteiger partial charge in [-0.25, -0.2) is 0 Å². The number of piperidine rings is 1. The average Bonchev–Trinajstić information content (AvgIpc) is 2.62. The van der Waals surface area contributed by atoms with Gasteiger partial charge in [0.1, 0.15) is 0 Å². The first-order valence-corrected chi connectivity index (χ1v) is 8.80. The Kier molecular flexibility index (Phi) is 7.06. The summed E-state index contributed by atoms with van der Waals surface area (Å²) in [6.45, 7) is 8.29. The number of rotatable bonds is 6. The first-order chi connectivity index (χ1) is 11.6. The van der Waals surface area contributed by atoms with Crippen LogP contribution in [-0.4, -0.2) is 49.4 Å². The minimum Gasteiger partial charge on any atom is -0.372 e. The van der Waals surface area contributed by atoms with Crippen LogP contribution >= 0.6 is 0 Å². The van der Waals surface area contributed by atoms with Gasteiger partial charge >= 0.3 is 0 Å². The summed E-state index contributed by atoms with van der Waals surface area (Å²) in [6, 6.07) is 7.41. The highest BCUT2D eigenvalue weighted by molar-refractivity contribution is 5.95. The molecule has 6 nitrogen and oxygen atoms in total. The lowest BCUT2D eigenvalue weighted by Crippen LogP contribution is -2.47. The third kappa shape index (κ3) is 5.23. The summed E-state index contributed by atoms with van der Waals surface area (Å²) in [6.07, 6.45) is 3.51. The van der Waals surface area contributed by atoms with Crippen LogP contribution in [0.2, 0.25) is 0 Å². The van der Waals surface area contributed by atoms with E-state index in [4.69, 9.17) is 0 Å². The number of likely N-dealkylation sites (tertiary alicyclic amines) is 1. The molecule has 0 radical (unpaired) electrons. The van der Waals surface area contributed by atoms with Gasteiger partial charge in [0.05, 0.1) is 6.54 Å². The Hall–Kier alpha value is -2.08. The molecule has 0 bridgehead atoms. The van der Waals surface area contributed by atoms with Crippen LogP contribution in [0.15, 0.2) is 24.3 Å². The number of hydrogen-bond donors (Lipinski definition) is 2. The van der Waals surface area contributed by atoms with Gasteiger partial charge in [-0.05, 0) is 64.0 Å². The van der Waals surface area contributed by atoms with E-state index in [1.807, 2.05) is 12.1 Å². The van der Waals surface area contributed by atoms with E-state index in [1.54, 1.807) is 12.1 Å². The molecular formula is C18H28N4O2. The fourth-order valence-electron chi connectivity index (χ4n) is 2.97. The van der Waals surface area contributed by atoms with Crippen LogP contribution in [0.25, 0.3) is 0 Å². The van der Waals surface area contributed by atoms with Crippen molar-refractivity contribution in [2.75, 3.05) is 37.6 Å². The summed E-state index contributed by atoms with van der Waals surface area (Å²) in [5.41, 5.74) is 6.60. The molecule has 0 aromatic heterocycles. The van der Waals surface area contributed by atoms with Gasteiger partial charge in [-0.1, -0.05) is 6.42 Å². The molecule has 0 unspecified atom stereocenters. The fraction of sp³-hybridized carbons (Fsp3) is 0.556. The van der Waals surface area contributed by atoms with Crippen LogP contribution in [0.4, 0.5) is 5.69 Å². The number of amides is 2. The number of nitrogens with zero attached hydrogens (tertiary/aromatic N) is 2. The lowest BCUT2D eigenvalue weighted by Gasteiger charge is -2.25. The van der Waals surface area contributed by atoms with Crippen LogP contribution in [0.3, 0.4) is 0 Å². The lowest BCUT2D eigenvalue weighted by molar-refractivity contribution is -0.123. The van der Waals surface area contributed by atoms with Gasteiger partial charge < -0.3 is 4.90 Å². The molecule has 1 aromatic rings. The highest BCUT2D eigenvalue weighted by Gasteiger charge is 2.14. The molecule has 0 atom stereocenters. The summed E-state index contributed by atoms with van der Waals surface area (Å²) in [5, 5.41) is 0. The molecule has 6 heteroatoms. The topological polar surface area (TPSA) is 64.7 Å². The molecule has 24 heavy (non-hydrogen) atoms.